The summed E-state index contributed by atoms with van der Waals surface area (Å²) in [6, 6.07) is 47.8. The average Bonchev–Trinajstić information content (AvgIpc) is 3.36. The molecule has 0 aliphatic heterocycles. The van der Waals surface area contributed by atoms with E-state index in [-0.39, 0.29) is 0 Å². The molecule has 0 saturated heterocycles. The van der Waals surface area contributed by atoms with Crippen LogP contribution in [0.15, 0.2) is 152 Å². The molecule has 0 unspecified atom stereocenters. The van der Waals surface area contributed by atoms with Gasteiger partial charge in [0.25, 0.3) is 0 Å². The Bertz CT molecular complexity index is 2060. The van der Waals surface area contributed by atoms with Crippen molar-refractivity contribution >= 4 is 38.2 Å². The summed E-state index contributed by atoms with van der Waals surface area (Å²) in [5, 5.41) is 4.87. The van der Waals surface area contributed by atoms with Crippen molar-refractivity contribution in [2.75, 3.05) is 0 Å². The third kappa shape index (κ3) is 3.81. The zero-order valence-electron chi connectivity index (χ0n) is 22.1. The van der Waals surface area contributed by atoms with Crippen LogP contribution in [0.3, 0.4) is 0 Å². The van der Waals surface area contributed by atoms with Crippen LogP contribution >= 0.6 is 0 Å². The second-order valence-electron chi connectivity index (χ2n) is 10.0. The van der Waals surface area contributed by atoms with Gasteiger partial charge in [-0.05, 0) is 63.0 Å². The SMILES string of the molecule is C=C/C(=C\N)c1ccc2c3ccc4cc(-c5ccccc5-c5ccccc5)ccc4c3n(-c3ccccc3)c2c1. The number of benzene rings is 6. The van der Waals surface area contributed by atoms with Crippen molar-refractivity contribution in [3.8, 4) is 27.9 Å². The van der Waals surface area contributed by atoms with Crippen molar-refractivity contribution in [1.29, 1.82) is 0 Å². The van der Waals surface area contributed by atoms with Gasteiger partial charge in [-0.15, -0.1) is 0 Å². The molecule has 7 rings (SSSR count). The molecule has 0 radical (unpaired) electrons. The van der Waals surface area contributed by atoms with Gasteiger partial charge in [0.15, 0.2) is 0 Å². The monoisotopic (exact) mass is 512 g/mol. The molecule has 40 heavy (non-hydrogen) atoms. The van der Waals surface area contributed by atoms with Crippen molar-refractivity contribution < 1.29 is 0 Å². The van der Waals surface area contributed by atoms with Gasteiger partial charge < -0.3 is 10.3 Å². The Labute approximate surface area is 233 Å². The largest absolute Gasteiger partial charge is 0.404 e. The summed E-state index contributed by atoms with van der Waals surface area (Å²) in [5.41, 5.74) is 16.3. The molecule has 0 atom stereocenters. The molecule has 1 aromatic heterocycles. The standard InChI is InChI=1S/C38H28N2/c1-2-26(25-39)28-17-21-35-36-22-19-30-23-29(33-16-10-9-15-32(33)27-11-5-3-6-12-27)18-20-34(30)38(36)40(37(35)24-28)31-13-7-4-8-14-31/h2-25H,1,39H2/b26-25+. The fourth-order valence-corrected chi connectivity index (χ4v) is 5.92. The highest BCUT2D eigenvalue weighted by Gasteiger charge is 2.17. The zero-order valence-corrected chi connectivity index (χ0v) is 22.1. The normalized spacial score (nSPS) is 11.8. The topological polar surface area (TPSA) is 30.9 Å². The summed E-state index contributed by atoms with van der Waals surface area (Å²) in [7, 11) is 0. The smallest absolute Gasteiger partial charge is 0.0619 e. The number of aromatic nitrogens is 1. The van der Waals surface area contributed by atoms with Gasteiger partial charge in [0.2, 0.25) is 0 Å². The summed E-state index contributed by atoms with van der Waals surface area (Å²) in [6.45, 7) is 3.96. The zero-order chi connectivity index (χ0) is 27.1. The summed E-state index contributed by atoms with van der Waals surface area (Å²) in [6.07, 6.45) is 3.43. The Morgan fingerprint density at radius 3 is 1.98 bits per heavy atom. The van der Waals surface area contributed by atoms with Crippen LogP contribution in [0.2, 0.25) is 0 Å². The van der Waals surface area contributed by atoms with Crippen LogP contribution < -0.4 is 5.73 Å². The fourth-order valence-electron chi connectivity index (χ4n) is 5.92. The maximum atomic E-state index is 5.93. The lowest BCUT2D eigenvalue weighted by molar-refractivity contribution is 1.19. The Hall–Kier alpha value is -5.34. The van der Waals surface area contributed by atoms with E-state index in [1.807, 2.05) is 0 Å². The first kappa shape index (κ1) is 23.8. The number of nitrogens with two attached hydrogens (primary N) is 1. The Kier molecular flexibility index (Phi) is 5.79. The minimum atomic E-state index is 0.915. The van der Waals surface area contributed by atoms with Gasteiger partial charge in [-0.2, -0.15) is 0 Å². The molecule has 1 heterocycles. The van der Waals surface area contributed by atoms with E-state index in [9.17, 15) is 0 Å². The molecule has 0 amide bonds. The molecule has 0 aliphatic rings. The minimum Gasteiger partial charge on any atom is -0.404 e. The second kappa shape index (κ2) is 9.76. The van der Waals surface area contributed by atoms with Gasteiger partial charge in [0.1, 0.15) is 0 Å². The lowest BCUT2D eigenvalue weighted by Gasteiger charge is -2.13. The quantitative estimate of drug-likeness (QED) is 0.229. The molecular weight excluding hydrogens is 484 g/mol. The summed E-state index contributed by atoms with van der Waals surface area (Å²) in [5.74, 6) is 0. The lowest BCUT2D eigenvalue weighted by atomic mass is 9.93. The van der Waals surface area contributed by atoms with Crippen LogP contribution in [-0.4, -0.2) is 4.57 Å². The van der Waals surface area contributed by atoms with Gasteiger partial charge >= 0.3 is 0 Å². The van der Waals surface area contributed by atoms with Crippen molar-refractivity contribution in [3.05, 3.63) is 158 Å². The van der Waals surface area contributed by atoms with Crippen molar-refractivity contribution in [2.45, 2.75) is 0 Å². The maximum Gasteiger partial charge on any atom is 0.0619 e. The van der Waals surface area contributed by atoms with E-state index in [0.29, 0.717) is 0 Å². The number of allylic oxidation sites excluding steroid dienone is 2. The van der Waals surface area contributed by atoms with Crippen LogP contribution in [0.25, 0.3) is 66.1 Å². The molecule has 2 heteroatoms. The number of fused-ring (bicyclic) bond motifs is 5. The van der Waals surface area contributed by atoms with Crippen LogP contribution in [0, 0.1) is 0 Å². The third-order valence-corrected chi connectivity index (χ3v) is 7.81. The van der Waals surface area contributed by atoms with Crippen molar-refractivity contribution in [3.63, 3.8) is 0 Å². The number of para-hydroxylation sites is 1. The van der Waals surface area contributed by atoms with E-state index < -0.39 is 0 Å². The van der Waals surface area contributed by atoms with Crippen LogP contribution in [0.1, 0.15) is 5.56 Å². The van der Waals surface area contributed by atoms with E-state index in [1.165, 1.54) is 49.3 Å². The van der Waals surface area contributed by atoms with Gasteiger partial charge in [0, 0.05) is 28.0 Å². The van der Waals surface area contributed by atoms with Gasteiger partial charge in [-0.1, -0.05) is 122 Å². The highest BCUT2D eigenvalue weighted by molar-refractivity contribution is 6.19. The number of hydrogen-bond acceptors (Lipinski definition) is 1. The van der Waals surface area contributed by atoms with Crippen LogP contribution in [-0.2, 0) is 0 Å². The van der Waals surface area contributed by atoms with E-state index in [2.05, 4.69) is 145 Å². The molecule has 2 nitrogen and oxygen atoms in total. The predicted molar refractivity (Wildman–Crippen MR) is 172 cm³/mol. The number of nitrogens with zero attached hydrogens (tertiary/aromatic N) is 1. The maximum absolute atomic E-state index is 5.93. The molecule has 190 valence electrons. The average molecular weight is 513 g/mol. The number of rotatable bonds is 5. The molecule has 0 spiro atoms. The van der Waals surface area contributed by atoms with E-state index >= 15 is 0 Å². The first-order chi connectivity index (χ1) is 19.8. The van der Waals surface area contributed by atoms with Gasteiger partial charge in [-0.3, -0.25) is 0 Å². The Morgan fingerprint density at radius 1 is 0.600 bits per heavy atom. The first-order valence-electron chi connectivity index (χ1n) is 13.5. The molecule has 2 N–H and O–H groups in total. The summed E-state index contributed by atoms with van der Waals surface area (Å²) >= 11 is 0. The molecule has 7 aromatic rings. The molecular formula is C38H28N2. The van der Waals surface area contributed by atoms with Crippen LogP contribution in [0.5, 0.6) is 0 Å². The third-order valence-electron chi connectivity index (χ3n) is 7.81. The first-order valence-corrected chi connectivity index (χ1v) is 13.5. The van der Waals surface area contributed by atoms with E-state index in [0.717, 1.165) is 22.3 Å². The lowest BCUT2D eigenvalue weighted by Crippen LogP contribution is -1.95. The van der Waals surface area contributed by atoms with E-state index in [4.69, 9.17) is 5.73 Å². The fraction of sp³-hybridized carbons (Fsp3) is 0. The molecule has 0 bridgehead atoms. The highest BCUT2D eigenvalue weighted by Crippen LogP contribution is 2.40. The second-order valence-corrected chi connectivity index (χ2v) is 10.0. The Balaban J connectivity index is 1.51. The van der Waals surface area contributed by atoms with Gasteiger partial charge in [-0.25, -0.2) is 0 Å². The van der Waals surface area contributed by atoms with Crippen LogP contribution in [0.4, 0.5) is 0 Å². The predicted octanol–water partition coefficient (Wildman–Crippen LogP) is 9.76. The summed E-state index contributed by atoms with van der Waals surface area (Å²) < 4.78 is 2.38. The number of hydrogen-bond donors (Lipinski definition) is 1. The summed E-state index contributed by atoms with van der Waals surface area (Å²) in [4.78, 5) is 0. The Morgan fingerprint density at radius 2 is 1.25 bits per heavy atom. The van der Waals surface area contributed by atoms with E-state index in [1.54, 1.807) is 12.3 Å². The van der Waals surface area contributed by atoms with Gasteiger partial charge in [0.05, 0.1) is 11.0 Å². The van der Waals surface area contributed by atoms with Crippen molar-refractivity contribution in [2.24, 2.45) is 5.73 Å². The van der Waals surface area contributed by atoms with Crippen molar-refractivity contribution in [1.82, 2.24) is 4.57 Å². The minimum absolute atomic E-state index is 0.915. The molecule has 0 aliphatic carbocycles. The molecule has 6 aromatic carbocycles. The molecule has 0 saturated carbocycles. The molecule has 0 fully saturated rings. The highest BCUT2D eigenvalue weighted by atomic mass is 15.0.